The smallest absolute Gasteiger partial charge is 0.318 e. The molecule has 0 spiro atoms. The quantitative estimate of drug-likeness (QED) is 0.398. The van der Waals surface area contributed by atoms with Gasteiger partial charge in [0.2, 0.25) is 0 Å². The molecule has 1 aromatic heterocycles. The Kier molecular flexibility index (Phi) is 9.50. The molecule has 0 aliphatic carbocycles. The van der Waals surface area contributed by atoms with Crippen LogP contribution in [0.3, 0.4) is 0 Å². The second-order valence-electron chi connectivity index (χ2n) is 9.37. The molecule has 0 saturated heterocycles. The molecule has 0 saturated carbocycles. The summed E-state index contributed by atoms with van der Waals surface area (Å²) in [7, 11) is 1.74. The van der Waals surface area contributed by atoms with E-state index in [0.717, 1.165) is 50.1 Å². The Balaban J connectivity index is 2.04. The Hall–Kier alpha value is -1.72. The normalized spacial score (nSPS) is 18.6. The van der Waals surface area contributed by atoms with Crippen LogP contribution >= 0.6 is 0 Å². The number of cyclic esters (lactones) is 1. The Morgan fingerprint density at radius 2 is 1.93 bits per heavy atom. The molecule has 5 nitrogen and oxygen atoms in total. The van der Waals surface area contributed by atoms with E-state index in [4.69, 9.17) is 20.2 Å². The minimum atomic E-state index is -0.249. The van der Waals surface area contributed by atoms with Gasteiger partial charge in [-0.05, 0) is 80.6 Å². The summed E-state index contributed by atoms with van der Waals surface area (Å²) in [4.78, 5) is 16.8. The number of methoxy groups -OCH3 is 1. The number of nitrogens with zero attached hydrogens (tertiary/aromatic N) is 1. The van der Waals surface area contributed by atoms with Gasteiger partial charge in [-0.1, -0.05) is 27.7 Å². The number of aryl methyl sites for hydroxylation is 2. The van der Waals surface area contributed by atoms with Gasteiger partial charge in [0.05, 0.1) is 12.0 Å². The van der Waals surface area contributed by atoms with E-state index in [-0.39, 0.29) is 23.8 Å². The SMILES string of the molecule is COCCCCc1cc(CC(CC(N)C2=CC(C(C)C)C(=O)O2)C(C)C)cc(C)n1. The molecular formula is C25H40N2O3. The van der Waals surface area contributed by atoms with Crippen molar-refractivity contribution < 1.29 is 14.3 Å². The average molecular weight is 417 g/mol. The summed E-state index contributed by atoms with van der Waals surface area (Å²) >= 11 is 0. The van der Waals surface area contributed by atoms with Gasteiger partial charge < -0.3 is 15.2 Å². The molecule has 30 heavy (non-hydrogen) atoms. The van der Waals surface area contributed by atoms with Gasteiger partial charge in [0.15, 0.2) is 0 Å². The summed E-state index contributed by atoms with van der Waals surface area (Å²) in [6.07, 6.45) is 6.79. The minimum absolute atomic E-state index is 0.167. The van der Waals surface area contributed by atoms with Crippen LogP contribution in [0, 0.1) is 30.6 Å². The van der Waals surface area contributed by atoms with E-state index in [1.54, 1.807) is 7.11 Å². The lowest BCUT2D eigenvalue weighted by Crippen LogP contribution is -2.29. The highest BCUT2D eigenvalue weighted by Gasteiger charge is 2.33. The number of carbonyl (C=O) groups is 1. The number of aromatic nitrogens is 1. The Labute approximate surface area is 182 Å². The zero-order valence-corrected chi connectivity index (χ0v) is 19.6. The van der Waals surface area contributed by atoms with Crippen LogP contribution in [0.2, 0.25) is 0 Å². The van der Waals surface area contributed by atoms with E-state index in [2.05, 4.69) is 32.9 Å². The third-order valence-electron chi connectivity index (χ3n) is 6.01. The van der Waals surface area contributed by atoms with Crippen molar-refractivity contribution >= 4 is 5.97 Å². The van der Waals surface area contributed by atoms with Gasteiger partial charge in [0.1, 0.15) is 5.76 Å². The van der Waals surface area contributed by atoms with Gasteiger partial charge in [-0.25, -0.2) is 0 Å². The number of hydrogen-bond acceptors (Lipinski definition) is 5. The molecular weight excluding hydrogens is 376 g/mol. The molecule has 3 unspecified atom stereocenters. The maximum atomic E-state index is 12.1. The molecule has 3 atom stereocenters. The van der Waals surface area contributed by atoms with Crippen molar-refractivity contribution in [2.45, 2.75) is 72.8 Å². The summed E-state index contributed by atoms with van der Waals surface area (Å²) in [5.74, 6) is 1.42. The van der Waals surface area contributed by atoms with Gasteiger partial charge in [-0.15, -0.1) is 0 Å². The van der Waals surface area contributed by atoms with Crippen molar-refractivity contribution in [2.75, 3.05) is 13.7 Å². The first-order chi connectivity index (χ1) is 14.2. The molecule has 2 rings (SSSR count). The zero-order chi connectivity index (χ0) is 22.3. The molecule has 0 radical (unpaired) electrons. The molecule has 1 aliphatic rings. The van der Waals surface area contributed by atoms with E-state index in [1.807, 2.05) is 19.9 Å². The first-order valence-corrected chi connectivity index (χ1v) is 11.4. The highest BCUT2D eigenvalue weighted by Crippen LogP contribution is 2.30. The summed E-state index contributed by atoms with van der Waals surface area (Å²) in [5.41, 5.74) is 10.0. The Morgan fingerprint density at radius 1 is 1.20 bits per heavy atom. The molecule has 0 fully saturated rings. The van der Waals surface area contributed by atoms with Crippen molar-refractivity contribution in [3.05, 3.63) is 40.9 Å². The number of nitrogens with two attached hydrogens (primary N) is 1. The molecule has 1 aromatic rings. The topological polar surface area (TPSA) is 74.4 Å². The van der Waals surface area contributed by atoms with E-state index in [9.17, 15) is 4.79 Å². The molecule has 0 bridgehead atoms. The zero-order valence-electron chi connectivity index (χ0n) is 19.6. The highest BCUT2D eigenvalue weighted by atomic mass is 16.5. The van der Waals surface area contributed by atoms with Crippen LogP contribution < -0.4 is 5.73 Å². The molecule has 2 N–H and O–H groups in total. The Morgan fingerprint density at radius 3 is 2.53 bits per heavy atom. The molecule has 1 aliphatic heterocycles. The number of pyridine rings is 1. The van der Waals surface area contributed by atoms with Crippen LogP contribution in [-0.4, -0.2) is 30.7 Å². The number of esters is 1. The van der Waals surface area contributed by atoms with E-state index in [0.29, 0.717) is 17.6 Å². The van der Waals surface area contributed by atoms with Crippen LogP contribution in [0.5, 0.6) is 0 Å². The molecule has 0 aromatic carbocycles. The molecule has 2 heterocycles. The summed E-state index contributed by atoms with van der Waals surface area (Å²) in [5, 5.41) is 0. The molecule has 168 valence electrons. The third kappa shape index (κ3) is 7.21. The predicted octanol–water partition coefficient (Wildman–Crippen LogP) is 4.60. The monoisotopic (exact) mass is 416 g/mol. The van der Waals surface area contributed by atoms with Gasteiger partial charge in [-0.3, -0.25) is 9.78 Å². The minimum Gasteiger partial charge on any atom is -0.429 e. The van der Waals surface area contributed by atoms with E-state index < -0.39 is 0 Å². The number of ether oxygens (including phenoxy) is 2. The van der Waals surface area contributed by atoms with Crippen LogP contribution in [0.4, 0.5) is 0 Å². The predicted molar refractivity (Wildman–Crippen MR) is 121 cm³/mol. The fourth-order valence-electron chi connectivity index (χ4n) is 4.08. The lowest BCUT2D eigenvalue weighted by atomic mass is 9.83. The van der Waals surface area contributed by atoms with Crippen molar-refractivity contribution in [1.82, 2.24) is 4.98 Å². The molecule has 0 amide bonds. The van der Waals surface area contributed by atoms with Gasteiger partial charge >= 0.3 is 5.97 Å². The fraction of sp³-hybridized carbons (Fsp3) is 0.680. The first-order valence-electron chi connectivity index (χ1n) is 11.4. The standard InChI is InChI=1S/C25H40N2O3/c1-16(2)20(14-23(26)24-15-22(17(3)4)25(28)30-24)12-19-11-18(5)27-21(13-19)9-7-8-10-29-6/h11,13,15-17,20,22-23H,7-10,12,14,26H2,1-6H3. The largest absolute Gasteiger partial charge is 0.429 e. The maximum Gasteiger partial charge on any atom is 0.318 e. The van der Waals surface area contributed by atoms with Crippen molar-refractivity contribution in [2.24, 2.45) is 29.4 Å². The Bertz CT molecular complexity index is 727. The molecule has 5 heteroatoms. The van der Waals surface area contributed by atoms with Gasteiger partial charge in [0, 0.05) is 25.1 Å². The number of hydrogen-bond donors (Lipinski definition) is 1. The van der Waals surface area contributed by atoms with Crippen molar-refractivity contribution in [3.63, 3.8) is 0 Å². The number of unbranched alkanes of at least 4 members (excludes halogenated alkanes) is 1. The maximum absolute atomic E-state index is 12.1. The van der Waals surface area contributed by atoms with E-state index >= 15 is 0 Å². The third-order valence-corrected chi connectivity index (χ3v) is 6.01. The van der Waals surface area contributed by atoms with Crippen LogP contribution in [0.1, 0.15) is 63.9 Å². The lowest BCUT2D eigenvalue weighted by molar-refractivity contribution is -0.141. The van der Waals surface area contributed by atoms with E-state index in [1.165, 1.54) is 5.56 Å². The van der Waals surface area contributed by atoms with Crippen molar-refractivity contribution in [3.8, 4) is 0 Å². The summed E-state index contributed by atoms with van der Waals surface area (Å²) < 4.78 is 10.7. The van der Waals surface area contributed by atoms with Gasteiger partial charge in [-0.2, -0.15) is 0 Å². The lowest BCUT2D eigenvalue weighted by Gasteiger charge is -2.25. The summed E-state index contributed by atoms with van der Waals surface area (Å²) in [6, 6.07) is 4.18. The van der Waals surface area contributed by atoms with Crippen molar-refractivity contribution in [1.29, 1.82) is 0 Å². The highest BCUT2D eigenvalue weighted by molar-refractivity contribution is 5.78. The van der Waals surface area contributed by atoms with Crippen LogP contribution in [-0.2, 0) is 27.1 Å². The number of carbonyl (C=O) groups excluding carboxylic acids is 1. The fourth-order valence-corrected chi connectivity index (χ4v) is 4.08. The number of rotatable bonds is 12. The first kappa shape index (κ1) is 24.5. The van der Waals surface area contributed by atoms with Crippen LogP contribution in [0.15, 0.2) is 24.0 Å². The summed E-state index contributed by atoms with van der Waals surface area (Å²) in [6.45, 7) is 11.4. The second kappa shape index (κ2) is 11.6. The van der Waals surface area contributed by atoms with Crippen LogP contribution in [0.25, 0.3) is 0 Å². The van der Waals surface area contributed by atoms with Gasteiger partial charge in [0.25, 0.3) is 0 Å². The average Bonchev–Trinajstić information content (AvgIpc) is 3.06. The second-order valence-corrected chi connectivity index (χ2v) is 9.37.